The predicted octanol–water partition coefficient (Wildman–Crippen LogP) is 3.62. The monoisotopic (exact) mass is 247 g/mol. The van der Waals surface area contributed by atoms with Gasteiger partial charge in [0.25, 0.3) is 0 Å². The van der Waals surface area contributed by atoms with Crippen molar-refractivity contribution in [3.63, 3.8) is 0 Å². The molecule has 3 nitrogen and oxygen atoms in total. The molecule has 2 aromatic rings. The van der Waals surface area contributed by atoms with Crippen LogP contribution in [0, 0.1) is 6.92 Å². The third kappa shape index (κ3) is 2.80. The zero-order chi connectivity index (χ0) is 12.4. The van der Waals surface area contributed by atoms with Crippen molar-refractivity contribution in [1.29, 1.82) is 0 Å². The van der Waals surface area contributed by atoms with Gasteiger partial charge in [0.2, 0.25) is 0 Å². The Bertz CT molecular complexity index is 538. The van der Waals surface area contributed by atoms with Gasteiger partial charge >= 0.3 is 0 Å². The van der Waals surface area contributed by atoms with E-state index in [2.05, 4.69) is 28.8 Å². The molecule has 0 aliphatic rings. The molecule has 0 saturated heterocycles. The number of aryl methyl sites for hydroxylation is 1. The van der Waals surface area contributed by atoms with Crippen LogP contribution >= 0.6 is 11.6 Å². The van der Waals surface area contributed by atoms with Crippen molar-refractivity contribution in [3.8, 4) is 11.5 Å². The fourth-order valence-corrected chi connectivity index (χ4v) is 1.70. The van der Waals surface area contributed by atoms with E-state index in [-0.39, 0.29) is 0 Å². The molecule has 0 radical (unpaired) electrons. The van der Waals surface area contributed by atoms with Crippen LogP contribution in [0.5, 0.6) is 0 Å². The molecule has 0 N–H and O–H groups in total. The van der Waals surface area contributed by atoms with E-state index in [9.17, 15) is 0 Å². The van der Waals surface area contributed by atoms with Crippen molar-refractivity contribution >= 4 is 11.6 Å². The van der Waals surface area contributed by atoms with Crippen LogP contribution in [0.15, 0.2) is 24.3 Å². The lowest BCUT2D eigenvalue weighted by atomic mass is 10.1. The van der Waals surface area contributed by atoms with Crippen LogP contribution in [0.1, 0.15) is 31.2 Å². The second kappa shape index (κ2) is 4.80. The van der Waals surface area contributed by atoms with E-state index < -0.39 is 0 Å². The number of aromatic nitrogens is 3. The quantitative estimate of drug-likeness (QED) is 0.761. The first kappa shape index (κ1) is 12.0. The Morgan fingerprint density at radius 3 is 2.53 bits per heavy atom. The van der Waals surface area contributed by atoms with Crippen LogP contribution in [0.25, 0.3) is 11.5 Å². The molecule has 0 saturated carbocycles. The number of hydrogen-bond acceptors (Lipinski definition) is 3. The number of rotatable bonds is 2. The molecule has 0 amide bonds. The van der Waals surface area contributed by atoms with Gasteiger partial charge in [0.05, 0.1) is 0 Å². The van der Waals surface area contributed by atoms with Crippen molar-refractivity contribution in [2.75, 3.05) is 0 Å². The van der Waals surface area contributed by atoms with Crippen molar-refractivity contribution in [2.45, 2.75) is 26.7 Å². The molecule has 0 aromatic carbocycles. The second-order valence-electron chi connectivity index (χ2n) is 4.26. The van der Waals surface area contributed by atoms with Gasteiger partial charge in [-0.1, -0.05) is 31.5 Å². The normalized spacial score (nSPS) is 10.9. The third-order valence-electron chi connectivity index (χ3n) is 2.42. The Morgan fingerprint density at radius 1 is 1.12 bits per heavy atom. The van der Waals surface area contributed by atoms with E-state index in [4.69, 9.17) is 11.6 Å². The molecule has 88 valence electrons. The van der Waals surface area contributed by atoms with Crippen LogP contribution in [-0.2, 0) is 0 Å². The third-order valence-corrected chi connectivity index (χ3v) is 2.62. The molecular formula is C13H14ClN3. The summed E-state index contributed by atoms with van der Waals surface area (Å²) in [6.45, 7) is 6.09. The summed E-state index contributed by atoms with van der Waals surface area (Å²) >= 11 is 6.00. The lowest BCUT2D eigenvalue weighted by molar-refractivity contribution is 0.815. The fraction of sp³-hybridized carbons (Fsp3) is 0.308. The van der Waals surface area contributed by atoms with Crippen molar-refractivity contribution in [2.24, 2.45) is 0 Å². The minimum absolute atomic E-state index is 0.319. The van der Waals surface area contributed by atoms with E-state index in [1.165, 1.54) is 0 Å². The zero-order valence-electron chi connectivity index (χ0n) is 10.1. The molecule has 0 atom stereocenters. The topological polar surface area (TPSA) is 38.7 Å². The Morgan fingerprint density at radius 2 is 1.88 bits per heavy atom. The van der Waals surface area contributed by atoms with Gasteiger partial charge in [-0.2, -0.15) is 0 Å². The standard InChI is InChI=1S/C13H14ClN3/c1-8(2)11-7-12(14)17-13(16-11)10-6-4-5-9(3)15-10/h4-8H,1-3H3. The molecule has 4 heteroatoms. The maximum Gasteiger partial charge on any atom is 0.179 e. The van der Waals surface area contributed by atoms with Crippen LogP contribution in [-0.4, -0.2) is 15.0 Å². The van der Waals surface area contributed by atoms with Gasteiger partial charge in [-0.15, -0.1) is 0 Å². The first-order valence-corrected chi connectivity index (χ1v) is 5.92. The molecular weight excluding hydrogens is 234 g/mol. The molecule has 0 aliphatic carbocycles. The summed E-state index contributed by atoms with van der Waals surface area (Å²) in [6.07, 6.45) is 0. The lowest BCUT2D eigenvalue weighted by Crippen LogP contribution is -1.99. The number of pyridine rings is 1. The first-order chi connectivity index (χ1) is 8.06. The van der Waals surface area contributed by atoms with Crippen LogP contribution in [0.3, 0.4) is 0 Å². The highest BCUT2D eigenvalue weighted by Gasteiger charge is 2.09. The molecule has 17 heavy (non-hydrogen) atoms. The highest BCUT2D eigenvalue weighted by Crippen LogP contribution is 2.20. The highest BCUT2D eigenvalue weighted by molar-refractivity contribution is 6.29. The van der Waals surface area contributed by atoms with Crippen molar-refractivity contribution in [3.05, 3.63) is 40.8 Å². The maximum atomic E-state index is 6.00. The first-order valence-electron chi connectivity index (χ1n) is 5.55. The van der Waals surface area contributed by atoms with Gasteiger partial charge in [0.15, 0.2) is 5.82 Å². The van der Waals surface area contributed by atoms with Gasteiger partial charge in [0.1, 0.15) is 10.8 Å². The summed E-state index contributed by atoms with van der Waals surface area (Å²) in [5.74, 6) is 0.906. The van der Waals surface area contributed by atoms with Crippen LogP contribution < -0.4 is 0 Å². The smallest absolute Gasteiger partial charge is 0.179 e. The van der Waals surface area contributed by atoms with Gasteiger partial charge in [-0.25, -0.2) is 15.0 Å². The molecule has 2 heterocycles. The van der Waals surface area contributed by atoms with Gasteiger partial charge in [-0.3, -0.25) is 0 Å². The van der Waals surface area contributed by atoms with E-state index >= 15 is 0 Å². The average molecular weight is 248 g/mol. The van der Waals surface area contributed by atoms with E-state index in [1.54, 1.807) is 6.07 Å². The van der Waals surface area contributed by atoms with Gasteiger partial charge < -0.3 is 0 Å². The molecule has 0 spiro atoms. The van der Waals surface area contributed by atoms with Crippen molar-refractivity contribution < 1.29 is 0 Å². The molecule has 0 aliphatic heterocycles. The zero-order valence-corrected chi connectivity index (χ0v) is 10.9. The van der Waals surface area contributed by atoms with E-state index in [1.807, 2.05) is 25.1 Å². The number of hydrogen-bond donors (Lipinski definition) is 0. The summed E-state index contributed by atoms with van der Waals surface area (Å²) in [6, 6.07) is 7.57. The molecule has 0 bridgehead atoms. The van der Waals surface area contributed by atoms with Gasteiger partial charge in [-0.05, 0) is 31.0 Å². The molecule has 2 aromatic heterocycles. The fourth-order valence-electron chi connectivity index (χ4n) is 1.51. The van der Waals surface area contributed by atoms with E-state index in [0.29, 0.717) is 16.9 Å². The van der Waals surface area contributed by atoms with Crippen LogP contribution in [0.2, 0.25) is 5.15 Å². The van der Waals surface area contributed by atoms with E-state index in [0.717, 1.165) is 17.1 Å². The Hall–Kier alpha value is -1.48. The predicted molar refractivity (Wildman–Crippen MR) is 69.1 cm³/mol. The summed E-state index contributed by atoms with van der Waals surface area (Å²) in [5.41, 5.74) is 2.63. The lowest BCUT2D eigenvalue weighted by Gasteiger charge is -2.07. The SMILES string of the molecule is Cc1cccc(-c2nc(Cl)cc(C(C)C)n2)n1. The van der Waals surface area contributed by atoms with Crippen molar-refractivity contribution in [1.82, 2.24) is 15.0 Å². The number of halogens is 1. The highest BCUT2D eigenvalue weighted by atomic mass is 35.5. The summed E-state index contributed by atoms with van der Waals surface area (Å²) in [5, 5.41) is 0.460. The summed E-state index contributed by atoms with van der Waals surface area (Å²) < 4.78 is 0. The summed E-state index contributed by atoms with van der Waals surface area (Å²) in [4.78, 5) is 13.1. The number of nitrogens with zero attached hydrogens (tertiary/aromatic N) is 3. The average Bonchev–Trinajstić information content (AvgIpc) is 2.28. The second-order valence-corrected chi connectivity index (χ2v) is 4.65. The minimum Gasteiger partial charge on any atom is -0.250 e. The maximum absolute atomic E-state index is 6.00. The van der Waals surface area contributed by atoms with Crippen LogP contribution in [0.4, 0.5) is 0 Å². The summed E-state index contributed by atoms with van der Waals surface area (Å²) in [7, 11) is 0. The Kier molecular flexibility index (Phi) is 3.38. The Labute approximate surface area is 106 Å². The minimum atomic E-state index is 0.319. The Balaban J connectivity index is 2.52. The molecule has 2 rings (SSSR count). The molecule has 0 unspecified atom stereocenters. The largest absolute Gasteiger partial charge is 0.250 e. The van der Waals surface area contributed by atoms with Gasteiger partial charge in [0, 0.05) is 11.4 Å². The molecule has 0 fully saturated rings.